The van der Waals surface area contributed by atoms with Crippen LogP contribution >= 0.6 is 0 Å². The highest BCUT2D eigenvalue weighted by atomic mass is 32.2. The van der Waals surface area contributed by atoms with Crippen molar-refractivity contribution in [2.45, 2.75) is 50.7 Å². The molecule has 252 valence electrons. The van der Waals surface area contributed by atoms with Crippen molar-refractivity contribution < 1.29 is 32.1 Å². The molecule has 1 unspecified atom stereocenters. The van der Waals surface area contributed by atoms with Gasteiger partial charge in [0.1, 0.15) is 24.2 Å². The second-order valence-electron chi connectivity index (χ2n) is 11.4. The standard InChI is InChI=1S/C35H37FN4O7S/c1-24(2)37-35(42)33(20-26-10-6-5-7-11-26)38(22-27-12-8-9-13-31(27)36)34(41)23-39(28-15-17-29(47-4)18-16-28)48(45,46)30-19-14-25(3)32(21-30)40(43)44/h5-19,21,24,33H,20,22-23H2,1-4H3,(H,37,42). The van der Waals surface area contributed by atoms with E-state index in [0.29, 0.717) is 5.75 Å². The van der Waals surface area contributed by atoms with E-state index < -0.39 is 55.7 Å². The van der Waals surface area contributed by atoms with Gasteiger partial charge in [-0.25, -0.2) is 12.8 Å². The van der Waals surface area contributed by atoms with E-state index in [0.717, 1.165) is 15.9 Å². The molecule has 2 amide bonds. The van der Waals surface area contributed by atoms with Crippen LogP contribution in [0.5, 0.6) is 5.75 Å². The fourth-order valence-electron chi connectivity index (χ4n) is 5.10. The maximum absolute atomic E-state index is 15.0. The number of carbonyl (C=O) groups excluding carboxylic acids is 2. The second kappa shape index (κ2) is 15.5. The molecular formula is C35H37FN4O7S. The summed E-state index contributed by atoms with van der Waals surface area (Å²) in [5.41, 5.74) is 0.742. The highest BCUT2D eigenvalue weighted by Crippen LogP contribution is 2.30. The quantitative estimate of drug-likeness (QED) is 0.139. The number of nitrogens with zero attached hydrogens (tertiary/aromatic N) is 3. The first kappa shape index (κ1) is 35.6. The molecule has 0 aliphatic heterocycles. The van der Waals surface area contributed by atoms with Gasteiger partial charge in [0.05, 0.1) is 22.6 Å². The lowest BCUT2D eigenvalue weighted by Crippen LogP contribution is -2.54. The van der Waals surface area contributed by atoms with Gasteiger partial charge in [-0.1, -0.05) is 54.6 Å². The molecule has 0 radical (unpaired) electrons. The smallest absolute Gasteiger partial charge is 0.273 e. The van der Waals surface area contributed by atoms with Crippen LogP contribution in [0.25, 0.3) is 0 Å². The summed E-state index contributed by atoms with van der Waals surface area (Å²) >= 11 is 0. The number of amides is 2. The van der Waals surface area contributed by atoms with E-state index >= 15 is 4.39 Å². The van der Waals surface area contributed by atoms with Gasteiger partial charge >= 0.3 is 0 Å². The van der Waals surface area contributed by atoms with Crippen LogP contribution in [0.1, 0.15) is 30.5 Å². The van der Waals surface area contributed by atoms with Crippen molar-refractivity contribution in [3.63, 3.8) is 0 Å². The van der Waals surface area contributed by atoms with Crippen molar-refractivity contribution in [1.29, 1.82) is 0 Å². The number of aryl methyl sites for hydroxylation is 1. The molecule has 0 heterocycles. The van der Waals surface area contributed by atoms with Gasteiger partial charge in [-0.05, 0) is 62.7 Å². The SMILES string of the molecule is COc1ccc(N(CC(=O)N(Cc2ccccc2F)C(Cc2ccccc2)C(=O)NC(C)C)S(=O)(=O)c2ccc(C)c([N+](=O)[O-])c2)cc1. The van der Waals surface area contributed by atoms with Crippen LogP contribution in [0.3, 0.4) is 0 Å². The normalized spacial score (nSPS) is 11.9. The van der Waals surface area contributed by atoms with Crippen LogP contribution < -0.4 is 14.4 Å². The number of nitrogens with one attached hydrogen (secondary N) is 1. The summed E-state index contributed by atoms with van der Waals surface area (Å²) in [6, 6.07) is 22.7. The topological polar surface area (TPSA) is 139 Å². The summed E-state index contributed by atoms with van der Waals surface area (Å²) in [5.74, 6) is -1.50. The Morgan fingerprint density at radius 1 is 0.958 bits per heavy atom. The molecule has 4 aromatic carbocycles. The average Bonchev–Trinajstić information content (AvgIpc) is 3.06. The maximum atomic E-state index is 15.0. The Labute approximate surface area is 279 Å². The fraction of sp³-hybridized carbons (Fsp3) is 0.257. The van der Waals surface area contributed by atoms with Crippen molar-refractivity contribution in [1.82, 2.24) is 10.2 Å². The van der Waals surface area contributed by atoms with Gasteiger partial charge in [-0.15, -0.1) is 0 Å². The van der Waals surface area contributed by atoms with Crippen molar-refractivity contribution >= 4 is 33.2 Å². The third-order valence-electron chi connectivity index (χ3n) is 7.61. The Hall–Kier alpha value is -5.30. The molecule has 4 aromatic rings. The van der Waals surface area contributed by atoms with Crippen LogP contribution in [-0.4, -0.2) is 55.8 Å². The van der Waals surface area contributed by atoms with E-state index in [4.69, 9.17) is 4.74 Å². The minimum Gasteiger partial charge on any atom is -0.497 e. The van der Waals surface area contributed by atoms with Gasteiger partial charge in [-0.3, -0.25) is 24.0 Å². The predicted molar refractivity (Wildman–Crippen MR) is 180 cm³/mol. The number of nitro benzene ring substituents is 1. The molecule has 1 atom stereocenters. The summed E-state index contributed by atoms with van der Waals surface area (Å²) in [7, 11) is -3.18. The molecule has 48 heavy (non-hydrogen) atoms. The zero-order valence-electron chi connectivity index (χ0n) is 27.0. The Balaban J connectivity index is 1.85. The number of carbonyl (C=O) groups is 2. The molecule has 0 bridgehead atoms. The molecule has 1 N–H and O–H groups in total. The van der Waals surface area contributed by atoms with Gasteiger partial charge in [0.25, 0.3) is 15.7 Å². The number of benzene rings is 4. The molecule has 4 rings (SSSR count). The Kier molecular flexibility index (Phi) is 11.5. The Bertz CT molecular complexity index is 1870. The number of hydrogen-bond donors (Lipinski definition) is 1. The van der Waals surface area contributed by atoms with Crippen LogP contribution in [0.15, 0.2) is 102 Å². The van der Waals surface area contributed by atoms with Crippen molar-refractivity contribution in [2.24, 2.45) is 0 Å². The zero-order chi connectivity index (χ0) is 35.0. The van der Waals surface area contributed by atoms with Crippen molar-refractivity contribution in [3.05, 3.63) is 130 Å². The van der Waals surface area contributed by atoms with Crippen LogP contribution in [0.2, 0.25) is 0 Å². The van der Waals surface area contributed by atoms with Gasteiger partial charge in [0.15, 0.2) is 0 Å². The van der Waals surface area contributed by atoms with E-state index in [9.17, 15) is 28.1 Å². The first-order valence-corrected chi connectivity index (χ1v) is 16.5. The van der Waals surface area contributed by atoms with Gasteiger partial charge in [-0.2, -0.15) is 0 Å². The van der Waals surface area contributed by atoms with Crippen molar-refractivity contribution in [3.8, 4) is 5.75 Å². The molecule has 0 aliphatic carbocycles. The van der Waals surface area contributed by atoms with Gasteiger partial charge < -0.3 is 15.0 Å². The number of halogens is 1. The number of methoxy groups -OCH3 is 1. The Morgan fingerprint density at radius 3 is 2.21 bits per heavy atom. The molecule has 0 saturated carbocycles. The number of rotatable bonds is 14. The molecule has 0 spiro atoms. The number of ether oxygens (including phenoxy) is 1. The average molecular weight is 677 g/mol. The van der Waals surface area contributed by atoms with Gasteiger partial charge in [0.2, 0.25) is 11.8 Å². The largest absolute Gasteiger partial charge is 0.497 e. The molecular weight excluding hydrogens is 639 g/mol. The molecule has 0 saturated heterocycles. The maximum Gasteiger partial charge on any atom is 0.273 e. The van der Waals surface area contributed by atoms with Crippen LogP contribution in [0.4, 0.5) is 15.8 Å². The van der Waals surface area contributed by atoms with E-state index in [2.05, 4.69) is 5.32 Å². The molecule has 0 aliphatic rings. The number of hydrogen-bond acceptors (Lipinski definition) is 7. The molecule has 13 heteroatoms. The van der Waals surface area contributed by atoms with Crippen LogP contribution in [-0.2, 0) is 32.6 Å². The lowest BCUT2D eigenvalue weighted by atomic mass is 10.0. The fourth-order valence-corrected chi connectivity index (χ4v) is 6.53. The minimum absolute atomic E-state index is 0.0546. The molecule has 0 aromatic heterocycles. The zero-order valence-corrected chi connectivity index (χ0v) is 27.8. The summed E-state index contributed by atoms with van der Waals surface area (Å²) in [6.07, 6.45) is 0.0546. The third kappa shape index (κ3) is 8.53. The number of nitro groups is 1. The summed E-state index contributed by atoms with van der Waals surface area (Å²) in [5, 5.41) is 14.5. The van der Waals surface area contributed by atoms with E-state index in [1.807, 2.05) is 6.07 Å². The third-order valence-corrected chi connectivity index (χ3v) is 9.37. The highest BCUT2D eigenvalue weighted by molar-refractivity contribution is 7.92. The lowest BCUT2D eigenvalue weighted by Gasteiger charge is -2.34. The lowest BCUT2D eigenvalue weighted by molar-refractivity contribution is -0.385. The number of sulfonamides is 1. The summed E-state index contributed by atoms with van der Waals surface area (Å²) in [6.45, 7) is 3.85. The second-order valence-corrected chi connectivity index (χ2v) is 13.3. The molecule has 11 nitrogen and oxygen atoms in total. The highest BCUT2D eigenvalue weighted by Gasteiger charge is 2.35. The van der Waals surface area contributed by atoms with Crippen LogP contribution in [0, 0.1) is 22.9 Å². The minimum atomic E-state index is -4.61. The monoisotopic (exact) mass is 676 g/mol. The van der Waals surface area contributed by atoms with Gasteiger partial charge in [0, 0.05) is 36.2 Å². The summed E-state index contributed by atoms with van der Waals surface area (Å²) in [4.78, 5) is 40.0. The van der Waals surface area contributed by atoms with Crippen molar-refractivity contribution in [2.75, 3.05) is 18.0 Å². The van der Waals surface area contributed by atoms with E-state index in [-0.39, 0.29) is 35.8 Å². The first-order valence-electron chi connectivity index (χ1n) is 15.1. The predicted octanol–water partition coefficient (Wildman–Crippen LogP) is 5.41. The summed E-state index contributed by atoms with van der Waals surface area (Å²) < 4.78 is 49.6. The number of anilines is 1. The molecule has 0 fully saturated rings. The Morgan fingerprint density at radius 2 is 1.60 bits per heavy atom. The first-order chi connectivity index (χ1) is 22.8. The van der Waals surface area contributed by atoms with E-state index in [1.165, 1.54) is 73.5 Å². The van der Waals surface area contributed by atoms with E-state index in [1.54, 1.807) is 44.2 Å².